The average Bonchev–Trinajstić information content (AvgIpc) is 2.81. The quantitative estimate of drug-likeness (QED) is 0.864. The van der Waals surface area contributed by atoms with Crippen LogP contribution in [0, 0.1) is 6.92 Å². The first-order valence-electron chi connectivity index (χ1n) is 6.15. The predicted molar refractivity (Wildman–Crippen MR) is 73.7 cm³/mol. The number of carbonyl (C=O) groups excluding carboxylic acids is 1. The zero-order chi connectivity index (χ0) is 14.0. The van der Waals surface area contributed by atoms with Gasteiger partial charge in [0, 0.05) is 12.2 Å². The number of nitrogens with two attached hydrogens (primary N) is 2. The molecule has 4 N–H and O–H groups in total. The average molecular weight is 258 g/mol. The fourth-order valence-electron chi connectivity index (χ4n) is 2.08. The highest BCUT2D eigenvalue weighted by Crippen LogP contribution is 2.21. The Morgan fingerprint density at radius 3 is 2.42 bits per heavy atom. The topological polar surface area (TPSA) is 86.9 Å². The van der Waals surface area contributed by atoms with Gasteiger partial charge in [0.15, 0.2) is 0 Å². The summed E-state index contributed by atoms with van der Waals surface area (Å²) in [4.78, 5) is 11.1. The van der Waals surface area contributed by atoms with Crippen molar-refractivity contribution < 1.29 is 4.79 Å². The largest absolute Gasteiger partial charge is 0.366 e. The van der Waals surface area contributed by atoms with Gasteiger partial charge in [0.05, 0.1) is 17.8 Å². The highest BCUT2D eigenvalue weighted by atomic mass is 16.1. The number of hydrogen-bond donors (Lipinski definition) is 2. The van der Waals surface area contributed by atoms with Crippen LogP contribution in [0.5, 0.6) is 0 Å². The second kappa shape index (κ2) is 5.24. The minimum atomic E-state index is -0.487. The van der Waals surface area contributed by atoms with E-state index >= 15 is 0 Å². The Labute approximate surface area is 112 Å². The standard InChI is InChI=1S/C14H18N4O/c1-9-3-5-11(6-4-9)13(10(2)15)18-8-12(7-17-18)14(16)19/h3-8,10,13H,15H2,1-2H3,(H2,16,19). The minimum absolute atomic E-state index is 0.117. The minimum Gasteiger partial charge on any atom is -0.366 e. The zero-order valence-corrected chi connectivity index (χ0v) is 11.1. The number of amides is 1. The monoisotopic (exact) mass is 258 g/mol. The molecular weight excluding hydrogens is 240 g/mol. The third-order valence-corrected chi connectivity index (χ3v) is 3.09. The number of rotatable bonds is 4. The highest BCUT2D eigenvalue weighted by Gasteiger charge is 2.20. The molecule has 0 aliphatic carbocycles. The SMILES string of the molecule is Cc1ccc(C(C(C)N)n2cc(C(N)=O)cn2)cc1. The van der Waals surface area contributed by atoms with Gasteiger partial charge in [0.2, 0.25) is 0 Å². The van der Waals surface area contributed by atoms with Crippen LogP contribution in [0.1, 0.15) is 34.5 Å². The summed E-state index contributed by atoms with van der Waals surface area (Å²) in [6.45, 7) is 3.94. The molecule has 0 aliphatic heterocycles. The lowest BCUT2D eigenvalue weighted by molar-refractivity contribution is 0.1000. The van der Waals surface area contributed by atoms with Gasteiger partial charge < -0.3 is 11.5 Å². The molecule has 2 rings (SSSR count). The van der Waals surface area contributed by atoms with E-state index in [4.69, 9.17) is 11.5 Å². The molecule has 2 atom stereocenters. The maximum absolute atomic E-state index is 11.1. The Hall–Kier alpha value is -2.14. The maximum Gasteiger partial charge on any atom is 0.251 e. The van der Waals surface area contributed by atoms with E-state index in [1.807, 2.05) is 38.1 Å². The molecule has 1 amide bonds. The Bertz CT molecular complexity index is 571. The van der Waals surface area contributed by atoms with Gasteiger partial charge in [-0.25, -0.2) is 0 Å². The van der Waals surface area contributed by atoms with Crippen molar-refractivity contribution >= 4 is 5.91 Å². The van der Waals surface area contributed by atoms with Crippen molar-refractivity contribution in [2.75, 3.05) is 0 Å². The van der Waals surface area contributed by atoms with E-state index < -0.39 is 5.91 Å². The van der Waals surface area contributed by atoms with Crippen molar-refractivity contribution in [2.45, 2.75) is 25.9 Å². The molecule has 0 saturated heterocycles. The Kier molecular flexibility index (Phi) is 3.66. The summed E-state index contributed by atoms with van der Waals surface area (Å²) in [7, 11) is 0. The molecule has 0 fully saturated rings. The molecule has 0 saturated carbocycles. The maximum atomic E-state index is 11.1. The molecule has 0 aliphatic rings. The van der Waals surface area contributed by atoms with Crippen molar-refractivity contribution in [2.24, 2.45) is 11.5 Å². The molecule has 5 heteroatoms. The highest BCUT2D eigenvalue weighted by molar-refractivity contribution is 5.92. The molecule has 100 valence electrons. The fraction of sp³-hybridized carbons (Fsp3) is 0.286. The zero-order valence-electron chi connectivity index (χ0n) is 11.1. The summed E-state index contributed by atoms with van der Waals surface area (Å²) in [5.41, 5.74) is 13.9. The molecule has 2 unspecified atom stereocenters. The Morgan fingerprint density at radius 2 is 1.95 bits per heavy atom. The van der Waals surface area contributed by atoms with Crippen molar-refractivity contribution in [3.05, 3.63) is 53.3 Å². The first kappa shape index (κ1) is 13.3. The van der Waals surface area contributed by atoms with Gasteiger partial charge in [-0.1, -0.05) is 29.8 Å². The van der Waals surface area contributed by atoms with E-state index in [-0.39, 0.29) is 12.1 Å². The van der Waals surface area contributed by atoms with Crippen LogP contribution < -0.4 is 11.5 Å². The molecule has 0 bridgehead atoms. The van der Waals surface area contributed by atoms with Gasteiger partial charge >= 0.3 is 0 Å². The molecule has 1 heterocycles. The molecule has 1 aromatic carbocycles. The normalized spacial score (nSPS) is 14.1. The third-order valence-electron chi connectivity index (χ3n) is 3.09. The van der Waals surface area contributed by atoms with E-state index in [1.165, 1.54) is 11.8 Å². The summed E-state index contributed by atoms with van der Waals surface area (Å²) < 4.78 is 1.69. The number of carbonyl (C=O) groups is 1. The molecular formula is C14H18N4O. The smallest absolute Gasteiger partial charge is 0.251 e. The van der Waals surface area contributed by atoms with Crippen molar-refractivity contribution in [3.63, 3.8) is 0 Å². The first-order chi connectivity index (χ1) is 8.99. The number of aromatic nitrogens is 2. The van der Waals surface area contributed by atoms with Crippen LogP contribution in [-0.2, 0) is 0 Å². The Morgan fingerprint density at radius 1 is 1.32 bits per heavy atom. The molecule has 1 aromatic heterocycles. The Balaban J connectivity index is 2.39. The van der Waals surface area contributed by atoms with E-state index in [0.29, 0.717) is 5.56 Å². The third kappa shape index (κ3) is 2.82. The van der Waals surface area contributed by atoms with E-state index in [9.17, 15) is 4.79 Å². The van der Waals surface area contributed by atoms with Crippen LogP contribution in [0.25, 0.3) is 0 Å². The number of nitrogens with zero attached hydrogens (tertiary/aromatic N) is 2. The van der Waals surface area contributed by atoms with Crippen LogP contribution in [0.15, 0.2) is 36.7 Å². The summed E-state index contributed by atoms with van der Waals surface area (Å²) >= 11 is 0. The van der Waals surface area contributed by atoms with E-state index in [0.717, 1.165) is 5.56 Å². The second-order valence-electron chi connectivity index (χ2n) is 4.79. The lowest BCUT2D eigenvalue weighted by Gasteiger charge is -2.22. The van der Waals surface area contributed by atoms with E-state index in [2.05, 4.69) is 5.10 Å². The van der Waals surface area contributed by atoms with Crippen LogP contribution in [0.2, 0.25) is 0 Å². The molecule has 19 heavy (non-hydrogen) atoms. The van der Waals surface area contributed by atoms with E-state index in [1.54, 1.807) is 10.9 Å². The van der Waals surface area contributed by atoms with Crippen molar-refractivity contribution in [1.82, 2.24) is 9.78 Å². The fourth-order valence-corrected chi connectivity index (χ4v) is 2.08. The molecule has 0 spiro atoms. The number of primary amides is 1. The van der Waals surface area contributed by atoms with Gasteiger partial charge in [0.1, 0.15) is 0 Å². The van der Waals surface area contributed by atoms with Gasteiger partial charge in [-0.15, -0.1) is 0 Å². The lowest BCUT2D eigenvalue weighted by Crippen LogP contribution is -2.30. The number of benzene rings is 1. The summed E-state index contributed by atoms with van der Waals surface area (Å²) in [6.07, 6.45) is 3.10. The van der Waals surface area contributed by atoms with Crippen LogP contribution in [0.4, 0.5) is 0 Å². The van der Waals surface area contributed by atoms with Gasteiger partial charge in [0.25, 0.3) is 5.91 Å². The van der Waals surface area contributed by atoms with Gasteiger partial charge in [-0.05, 0) is 19.4 Å². The molecule has 5 nitrogen and oxygen atoms in total. The summed E-state index contributed by atoms with van der Waals surface area (Å²) in [5.74, 6) is -0.487. The summed E-state index contributed by atoms with van der Waals surface area (Å²) in [5, 5.41) is 4.19. The first-order valence-corrected chi connectivity index (χ1v) is 6.15. The molecule has 2 aromatic rings. The van der Waals surface area contributed by atoms with Crippen LogP contribution in [-0.4, -0.2) is 21.7 Å². The number of aryl methyl sites for hydroxylation is 1. The van der Waals surface area contributed by atoms with Crippen molar-refractivity contribution in [3.8, 4) is 0 Å². The van der Waals surface area contributed by atoms with Crippen LogP contribution >= 0.6 is 0 Å². The van der Waals surface area contributed by atoms with Crippen molar-refractivity contribution in [1.29, 1.82) is 0 Å². The predicted octanol–water partition coefficient (Wildman–Crippen LogP) is 1.23. The van der Waals surface area contributed by atoms with Crippen LogP contribution in [0.3, 0.4) is 0 Å². The van der Waals surface area contributed by atoms with Gasteiger partial charge in [-0.2, -0.15) is 5.10 Å². The second-order valence-corrected chi connectivity index (χ2v) is 4.79. The lowest BCUT2D eigenvalue weighted by atomic mass is 10.00. The van der Waals surface area contributed by atoms with Gasteiger partial charge in [-0.3, -0.25) is 9.48 Å². The number of hydrogen-bond acceptors (Lipinski definition) is 3. The molecule has 0 radical (unpaired) electrons. The summed E-state index contributed by atoms with van der Waals surface area (Å²) in [6, 6.07) is 7.85.